The van der Waals surface area contributed by atoms with Crippen LogP contribution in [0.25, 0.3) is 0 Å². The van der Waals surface area contributed by atoms with Crippen LogP contribution in [0.3, 0.4) is 0 Å². The maximum Gasteiger partial charge on any atom is 0.223 e. The fraction of sp³-hybridized carbons (Fsp3) is 0.727. The summed E-state index contributed by atoms with van der Waals surface area (Å²) >= 11 is 0.371. The molecule has 30 heavy (non-hydrogen) atoms. The molecule has 0 saturated heterocycles. The van der Waals surface area contributed by atoms with Gasteiger partial charge in [0.1, 0.15) is 17.8 Å². The normalized spacial score (nSPS) is 52.3. The standard InChI is InChI=1S/C22H27F3O4S/c1-11-6-13-14-8-16(24)15-7-12(26)4-5-19(15,2)21(14,25)17(27)9-20(13,3)22(11,29)18(28)30-10-23/h4-5,7,11,13-14,16-17,27,29H,6,8-10H2,1-3H3/t11-,13?,14?,16+,17+,19?,20?,21+,22+/m1/s1. The van der Waals surface area contributed by atoms with Crippen LogP contribution in [0, 0.1) is 28.6 Å². The van der Waals surface area contributed by atoms with Crippen LogP contribution >= 0.6 is 11.8 Å². The third kappa shape index (κ3) is 2.39. The van der Waals surface area contributed by atoms with E-state index in [1.165, 1.54) is 19.1 Å². The van der Waals surface area contributed by atoms with E-state index in [1.807, 2.05) is 0 Å². The van der Waals surface area contributed by atoms with E-state index in [0.29, 0.717) is 11.8 Å². The van der Waals surface area contributed by atoms with Crippen LogP contribution in [0.1, 0.15) is 40.0 Å². The monoisotopic (exact) mass is 444 g/mol. The van der Waals surface area contributed by atoms with Gasteiger partial charge in [0.25, 0.3) is 0 Å². The number of halogens is 3. The van der Waals surface area contributed by atoms with Gasteiger partial charge in [0.2, 0.25) is 5.12 Å². The third-order valence-electron chi connectivity index (χ3n) is 8.71. The highest BCUT2D eigenvalue weighted by Crippen LogP contribution is 2.71. The largest absolute Gasteiger partial charge is 0.390 e. The smallest absolute Gasteiger partial charge is 0.223 e. The highest BCUT2D eigenvalue weighted by atomic mass is 32.2. The number of ketones is 1. The molecule has 9 atom stereocenters. The van der Waals surface area contributed by atoms with Crippen LogP contribution in [0.15, 0.2) is 23.8 Å². The molecule has 0 bridgehead atoms. The molecule has 3 fully saturated rings. The van der Waals surface area contributed by atoms with Crippen molar-refractivity contribution in [3.05, 3.63) is 23.8 Å². The lowest BCUT2D eigenvalue weighted by atomic mass is 9.44. The van der Waals surface area contributed by atoms with Crippen molar-refractivity contribution in [2.75, 3.05) is 6.01 Å². The number of carbonyl (C=O) groups is 2. The van der Waals surface area contributed by atoms with E-state index in [0.717, 1.165) is 6.08 Å². The second kappa shape index (κ2) is 6.69. The van der Waals surface area contributed by atoms with Gasteiger partial charge < -0.3 is 10.2 Å². The topological polar surface area (TPSA) is 74.6 Å². The average Bonchev–Trinajstić information content (AvgIpc) is 2.88. The van der Waals surface area contributed by atoms with Crippen molar-refractivity contribution in [3.8, 4) is 0 Å². The Labute approximate surface area is 178 Å². The van der Waals surface area contributed by atoms with Crippen molar-refractivity contribution >= 4 is 22.7 Å². The molecule has 0 heterocycles. The Morgan fingerprint density at radius 3 is 2.60 bits per heavy atom. The molecule has 3 saturated carbocycles. The summed E-state index contributed by atoms with van der Waals surface area (Å²) in [6.07, 6.45) is 0.306. The molecule has 0 aromatic heterocycles. The summed E-state index contributed by atoms with van der Waals surface area (Å²) in [5.74, 6) is -2.57. The molecule has 0 aliphatic heterocycles. The third-order valence-corrected chi connectivity index (χ3v) is 9.39. The number of hydrogen-bond acceptors (Lipinski definition) is 5. The summed E-state index contributed by atoms with van der Waals surface area (Å²) in [7, 11) is 0. The van der Waals surface area contributed by atoms with Gasteiger partial charge >= 0.3 is 0 Å². The summed E-state index contributed by atoms with van der Waals surface area (Å²) in [6.45, 7) is 4.79. The lowest BCUT2D eigenvalue weighted by Gasteiger charge is -2.63. The van der Waals surface area contributed by atoms with Crippen molar-refractivity contribution in [2.24, 2.45) is 28.6 Å². The second-order valence-corrected chi connectivity index (χ2v) is 10.7. The van der Waals surface area contributed by atoms with E-state index in [2.05, 4.69) is 0 Å². The molecule has 0 aromatic rings. The first kappa shape index (κ1) is 22.1. The van der Waals surface area contributed by atoms with Gasteiger partial charge in [-0.2, -0.15) is 0 Å². The number of thioether (sulfide) groups is 1. The quantitative estimate of drug-likeness (QED) is 0.682. The minimum absolute atomic E-state index is 0.0294. The van der Waals surface area contributed by atoms with Crippen molar-refractivity contribution in [2.45, 2.75) is 63.6 Å². The first-order chi connectivity index (χ1) is 13.9. The first-order valence-corrected chi connectivity index (χ1v) is 11.3. The van der Waals surface area contributed by atoms with Crippen molar-refractivity contribution in [1.82, 2.24) is 0 Å². The molecule has 0 spiro atoms. The summed E-state index contributed by atoms with van der Waals surface area (Å²) in [6, 6.07) is -0.995. The van der Waals surface area contributed by atoms with Crippen molar-refractivity contribution < 1.29 is 33.0 Å². The van der Waals surface area contributed by atoms with Crippen molar-refractivity contribution in [3.63, 3.8) is 0 Å². The van der Waals surface area contributed by atoms with Crippen LogP contribution in [0.2, 0.25) is 0 Å². The maximum atomic E-state index is 16.9. The number of hydrogen-bond donors (Lipinski definition) is 2. The molecule has 4 rings (SSSR count). The molecule has 0 aromatic carbocycles. The van der Waals surface area contributed by atoms with Crippen LogP contribution in [0.5, 0.6) is 0 Å². The van der Waals surface area contributed by atoms with Gasteiger partial charge in [0.15, 0.2) is 11.5 Å². The second-order valence-electron chi connectivity index (χ2n) is 9.80. The van der Waals surface area contributed by atoms with Gasteiger partial charge in [-0.15, -0.1) is 0 Å². The number of allylic oxidation sites excluding steroid dienone is 4. The molecule has 4 unspecified atom stereocenters. The van der Waals surface area contributed by atoms with Crippen molar-refractivity contribution in [1.29, 1.82) is 0 Å². The number of aliphatic hydroxyl groups excluding tert-OH is 1. The first-order valence-electron chi connectivity index (χ1n) is 10.3. The molecule has 166 valence electrons. The van der Waals surface area contributed by atoms with Gasteiger partial charge in [-0.05, 0) is 55.7 Å². The number of aliphatic hydroxyl groups is 2. The molecule has 2 N–H and O–H groups in total. The van der Waals surface area contributed by atoms with Crippen LogP contribution in [-0.2, 0) is 9.59 Å². The van der Waals surface area contributed by atoms with Gasteiger partial charge in [-0.1, -0.05) is 31.7 Å². The predicted octanol–water partition coefficient (Wildman–Crippen LogP) is 3.47. The SMILES string of the molecule is C[C@@H]1CC2C3C[C@H](F)C4=CC(=O)C=CC4(C)[C@@]3(F)[C@@H](O)CC2(C)[C@@]1(O)C(=O)SCF. The van der Waals surface area contributed by atoms with E-state index < -0.39 is 69.0 Å². The highest BCUT2D eigenvalue weighted by Gasteiger charge is 2.76. The average molecular weight is 445 g/mol. The van der Waals surface area contributed by atoms with E-state index >= 15 is 8.78 Å². The highest BCUT2D eigenvalue weighted by molar-refractivity contribution is 8.13. The molecule has 4 nitrogen and oxygen atoms in total. The van der Waals surface area contributed by atoms with Crippen LogP contribution in [0.4, 0.5) is 13.2 Å². The minimum Gasteiger partial charge on any atom is -0.390 e. The molecular weight excluding hydrogens is 417 g/mol. The Morgan fingerprint density at radius 2 is 1.97 bits per heavy atom. The number of rotatable bonds is 2. The Hall–Kier alpha value is -1.12. The number of fused-ring (bicyclic) bond motifs is 5. The molecule has 0 amide bonds. The van der Waals surface area contributed by atoms with Gasteiger partial charge in [-0.3, -0.25) is 9.59 Å². The summed E-state index contributed by atoms with van der Waals surface area (Å²) in [4.78, 5) is 24.6. The molecule has 8 heteroatoms. The van der Waals surface area contributed by atoms with Gasteiger partial charge in [-0.25, -0.2) is 13.2 Å². The zero-order valence-electron chi connectivity index (χ0n) is 17.2. The lowest BCUT2D eigenvalue weighted by Crippen LogP contribution is -2.70. The van der Waals surface area contributed by atoms with Gasteiger partial charge in [0, 0.05) is 16.7 Å². The van der Waals surface area contributed by atoms with Crippen LogP contribution < -0.4 is 0 Å². The Balaban J connectivity index is 1.84. The van der Waals surface area contributed by atoms with Gasteiger partial charge in [0.05, 0.1) is 6.10 Å². The number of alkyl halides is 3. The summed E-state index contributed by atoms with van der Waals surface area (Å²) < 4.78 is 45.1. The fourth-order valence-corrected chi connectivity index (χ4v) is 7.89. The van der Waals surface area contributed by atoms with E-state index in [1.54, 1.807) is 13.8 Å². The van der Waals surface area contributed by atoms with E-state index in [-0.39, 0.29) is 24.8 Å². The zero-order valence-corrected chi connectivity index (χ0v) is 18.0. The van der Waals surface area contributed by atoms with Crippen LogP contribution in [-0.4, -0.2) is 50.7 Å². The Kier molecular flexibility index (Phi) is 4.92. The predicted molar refractivity (Wildman–Crippen MR) is 107 cm³/mol. The number of carbonyl (C=O) groups excluding carboxylic acids is 2. The zero-order chi connectivity index (χ0) is 22.3. The molecule has 4 aliphatic rings. The molecular formula is C22H27F3O4S. The molecule has 4 aliphatic carbocycles. The minimum atomic E-state index is -2.26. The maximum absolute atomic E-state index is 16.9. The fourth-order valence-electron chi connectivity index (χ4n) is 7.13. The van der Waals surface area contributed by atoms with E-state index in [4.69, 9.17) is 0 Å². The summed E-state index contributed by atoms with van der Waals surface area (Å²) in [5.41, 5.74) is -6.91. The summed E-state index contributed by atoms with van der Waals surface area (Å²) in [5, 5.41) is 21.9. The lowest BCUT2D eigenvalue weighted by molar-refractivity contribution is -0.221. The Morgan fingerprint density at radius 1 is 1.30 bits per heavy atom. The van der Waals surface area contributed by atoms with E-state index in [9.17, 15) is 24.2 Å². The Bertz CT molecular complexity index is 861. The molecule has 0 radical (unpaired) electrons.